The van der Waals surface area contributed by atoms with Crippen molar-refractivity contribution in [2.45, 2.75) is 26.2 Å². The van der Waals surface area contributed by atoms with Crippen LogP contribution in [-0.4, -0.2) is 30.7 Å². The van der Waals surface area contributed by atoms with Gasteiger partial charge in [-0.2, -0.15) is 0 Å². The number of carbonyl (C=O) groups is 1. The number of nitrogens with zero attached hydrogens (tertiary/aromatic N) is 5. The molecule has 4 rings (SSSR count). The first-order valence-corrected chi connectivity index (χ1v) is 10.4. The van der Waals surface area contributed by atoms with Gasteiger partial charge in [-0.25, -0.2) is 24.6 Å². The Hall–Kier alpha value is -3.65. The van der Waals surface area contributed by atoms with Crippen molar-refractivity contribution < 1.29 is 9.90 Å². The fourth-order valence-corrected chi connectivity index (χ4v) is 3.59. The van der Waals surface area contributed by atoms with Crippen molar-refractivity contribution in [1.82, 2.24) is 19.5 Å². The van der Waals surface area contributed by atoms with Gasteiger partial charge in [0, 0.05) is 18.9 Å². The van der Waals surface area contributed by atoms with Crippen molar-refractivity contribution in [3.8, 4) is 0 Å². The molecule has 0 aliphatic carbocycles. The lowest BCUT2D eigenvalue weighted by Gasteiger charge is -2.22. The molecule has 164 valence electrons. The first-order chi connectivity index (χ1) is 15.1. The fourth-order valence-electron chi connectivity index (χ4n) is 3.44. The molecule has 0 atom stereocenters. The minimum Gasteiger partial charge on any atom is -0.464 e. The van der Waals surface area contributed by atoms with Crippen molar-refractivity contribution >= 4 is 51.9 Å². The van der Waals surface area contributed by atoms with E-state index in [1.54, 1.807) is 36.0 Å². The van der Waals surface area contributed by atoms with Crippen molar-refractivity contribution in [3.05, 3.63) is 65.6 Å². The Balaban J connectivity index is 1.71. The first-order valence-electron chi connectivity index (χ1n) is 9.99. The standard InChI is InChI=1S/C23H23ClN6O2/c1-23(2,3)14-5-8-16(9-6-14)30(22(31)32)21-27-17-13-15(7-10-18(17)29(21)4)26-19-11-12-25-20(24)28-19/h5-13H,1-4H3,(H,31,32)(H,25,26,28). The number of aryl methyl sites for hydroxylation is 1. The largest absolute Gasteiger partial charge is 0.464 e. The first kappa shape index (κ1) is 21.6. The smallest absolute Gasteiger partial charge is 0.418 e. The third kappa shape index (κ3) is 4.22. The van der Waals surface area contributed by atoms with Crippen LogP contribution < -0.4 is 10.2 Å². The Morgan fingerprint density at radius 2 is 1.81 bits per heavy atom. The van der Waals surface area contributed by atoms with E-state index in [2.05, 4.69) is 41.0 Å². The second-order valence-electron chi connectivity index (χ2n) is 8.43. The molecule has 8 nitrogen and oxygen atoms in total. The average molecular weight is 451 g/mol. The number of fused-ring (bicyclic) bond motifs is 1. The summed E-state index contributed by atoms with van der Waals surface area (Å²) in [6.07, 6.45) is 0.450. The quantitative estimate of drug-likeness (QED) is 0.377. The lowest BCUT2D eigenvalue weighted by molar-refractivity contribution is 0.204. The second kappa shape index (κ2) is 8.12. The number of amides is 1. The number of anilines is 4. The van der Waals surface area contributed by atoms with E-state index in [1.165, 1.54) is 4.90 Å². The molecule has 2 aromatic heterocycles. The van der Waals surface area contributed by atoms with Gasteiger partial charge in [-0.05, 0) is 59.0 Å². The molecule has 32 heavy (non-hydrogen) atoms. The Labute approximate surface area is 190 Å². The van der Waals surface area contributed by atoms with Gasteiger partial charge in [0.1, 0.15) is 5.82 Å². The zero-order chi connectivity index (χ0) is 23.0. The summed E-state index contributed by atoms with van der Waals surface area (Å²) in [6.45, 7) is 6.34. The van der Waals surface area contributed by atoms with E-state index in [9.17, 15) is 9.90 Å². The van der Waals surface area contributed by atoms with E-state index in [1.807, 2.05) is 30.3 Å². The predicted octanol–water partition coefficient (Wildman–Crippen LogP) is 5.87. The summed E-state index contributed by atoms with van der Waals surface area (Å²) in [5, 5.41) is 13.3. The Bertz CT molecular complexity index is 1290. The normalized spacial score (nSPS) is 11.5. The number of nitrogens with one attached hydrogen (secondary N) is 1. The summed E-state index contributed by atoms with van der Waals surface area (Å²) >= 11 is 5.85. The van der Waals surface area contributed by atoms with Gasteiger partial charge in [-0.1, -0.05) is 32.9 Å². The van der Waals surface area contributed by atoms with Crippen molar-refractivity contribution in [1.29, 1.82) is 0 Å². The summed E-state index contributed by atoms with van der Waals surface area (Å²) in [5.74, 6) is 0.852. The van der Waals surface area contributed by atoms with Crippen LogP contribution in [0.25, 0.3) is 11.0 Å². The Morgan fingerprint density at radius 1 is 1.09 bits per heavy atom. The zero-order valence-corrected chi connectivity index (χ0v) is 18.9. The molecule has 0 bridgehead atoms. The molecule has 4 aromatic rings. The van der Waals surface area contributed by atoms with E-state index in [4.69, 9.17) is 11.6 Å². The summed E-state index contributed by atoms with van der Waals surface area (Å²) in [7, 11) is 1.79. The van der Waals surface area contributed by atoms with Crippen LogP contribution in [0.2, 0.25) is 5.28 Å². The van der Waals surface area contributed by atoms with Crippen LogP contribution in [0, 0.1) is 0 Å². The molecule has 1 amide bonds. The maximum atomic E-state index is 12.2. The molecule has 0 aliphatic heterocycles. The minimum absolute atomic E-state index is 0.0260. The van der Waals surface area contributed by atoms with Crippen LogP contribution in [0.5, 0.6) is 0 Å². The van der Waals surface area contributed by atoms with Crippen LogP contribution in [-0.2, 0) is 12.5 Å². The number of carboxylic acid groups (broad SMARTS) is 1. The Morgan fingerprint density at radius 3 is 2.44 bits per heavy atom. The third-order valence-corrected chi connectivity index (χ3v) is 5.32. The molecule has 0 radical (unpaired) electrons. The van der Waals surface area contributed by atoms with Crippen LogP contribution in [0.3, 0.4) is 0 Å². The summed E-state index contributed by atoms with van der Waals surface area (Å²) in [5.41, 5.74) is 3.80. The topological polar surface area (TPSA) is 96.2 Å². The highest BCUT2D eigenvalue weighted by atomic mass is 35.5. The minimum atomic E-state index is -1.11. The number of hydrogen-bond donors (Lipinski definition) is 2. The number of rotatable bonds is 4. The highest BCUT2D eigenvalue weighted by molar-refractivity contribution is 6.28. The molecule has 0 aliphatic rings. The SMILES string of the molecule is Cn1c(N(C(=O)O)c2ccc(C(C)(C)C)cc2)nc2cc(Nc3ccnc(Cl)n3)ccc21. The summed E-state index contributed by atoms with van der Waals surface area (Å²) in [6, 6.07) is 14.8. The number of aromatic nitrogens is 4. The van der Waals surface area contributed by atoms with Gasteiger partial charge in [0.2, 0.25) is 11.2 Å². The third-order valence-electron chi connectivity index (χ3n) is 5.14. The van der Waals surface area contributed by atoms with Gasteiger partial charge in [-0.3, -0.25) is 0 Å². The molecular formula is C23H23ClN6O2. The van der Waals surface area contributed by atoms with Crippen molar-refractivity contribution in [2.75, 3.05) is 10.2 Å². The van der Waals surface area contributed by atoms with Gasteiger partial charge in [0.05, 0.1) is 16.7 Å². The molecule has 0 unspecified atom stereocenters. The number of imidazole rings is 1. The van der Waals surface area contributed by atoms with Gasteiger partial charge in [0.25, 0.3) is 0 Å². The van der Waals surface area contributed by atoms with E-state index in [0.717, 1.165) is 16.8 Å². The van der Waals surface area contributed by atoms with Crippen LogP contribution in [0.1, 0.15) is 26.3 Å². The molecule has 0 saturated heterocycles. The lowest BCUT2D eigenvalue weighted by atomic mass is 9.87. The van der Waals surface area contributed by atoms with Crippen LogP contribution in [0.4, 0.5) is 27.9 Å². The molecule has 2 N–H and O–H groups in total. The highest BCUT2D eigenvalue weighted by Crippen LogP contribution is 2.31. The van der Waals surface area contributed by atoms with E-state index in [0.29, 0.717) is 23.0 Å². The molecule has 0 spiro atoms. The molecule has 2 aromatic carbocycles. The number of benzene rings is 2. The molecule has 0 fully saturated rings. The van der Waals surface area contributed by atoms with E-state index < -0.39 is 6.09 Å². The fraction of sp³-hybridized carbons (Fsp3) is 0.217. The number of hydrogen-bond acceptors (Lipinski definition) is 5. The van der Waals surface area contributed by atoms with Gasteiger partial charge >= 0.3 is 6.09 Å². The van der Waals surface area contributed by atoms with Gasteiger partial charge in [0.15, 0.2) is 0 Å². The number of halogens is 1. The summed E-state index contributed by atoms with van der Waals surface area (Å²) in [4.78, 5) is 26.0. The van der Waals surface area contributed by atoms with Gasteiger partial charge < -0.3 is 15.0 Å². The lowest BCUT2D eigenvalue weighted by Crippen LogP contribution is -2.26. The Kier molecular flexibility index (Phi) is 5.48. The highest BCUT2D eigenvalue weighted by Gasteiger charge is 2.24. The van der Waals surface area contributed by atoms with Crippen LogP contribution >= 0.6 is 11.6 Å². The molecule has 2 heterocycles. The van der Waals surface area contributed by atoms with E-state index in [-0.39, 0.29) is 10.7 Å². The predicted molar refractivity (Wildman–Crippen MR) is 126 cm³/mol. The summed E-state index contributed by atoms with van der Waals surface area (Å²) < 4.78 is 1.76. The van der Waals surface area contributed by atoms with Crippen molar-refractivity contribution in [3.63, 3.8) is 0 Å². The molecule has 9 heteroatoms. The monoisotopic (exact) mass is 450 g/mol. The maximum absolute atomic E-state index is 12.2. The van der Waals surface area contributed by atoms with Crippen molar-refractivity contribution in [2.24, 2.45) is 7.05 Å². The zero-order valence-electron chi connectivity index (χ0n) is 18.2. The maximum Gasteiger partial charge on any atom is 0.418 e. The van der Waals surface area contributed by atoms with Gasteiger partial charge in [-0.15, -0.1) is 0 Å². The van der Waals surface area contributed by atoms with E-state index >= 15 is 0 Å². The molecular weight excluding hydrogens is 428 g/mol. The van der Waals surface area contributed by atoms with Crippen LogP contribution in [0.15, 0.2) is 54.7 Å². The molecule has 0 saturated carbocycles. The second-order valence-corrected chi connectivity index (χ2v) is 8.76. The average Bonchev–Trinajstić information content (AvgIpc) is 3.03.